The molecule has 0 amide bonds. The molecular formula is C50H46N2O. The van der Waals surface area contributed by atoms with Crippen molar-refractivity contribution in [3.05, 3.63) is 193 Å². The Hall–Kier alpha value is -6.06. The highest BCUT2D eigenvalue weighted by molar-refractivity contribution is 6.10. The third-order valence-corrected chi connectivity index (χ3v) is 10.8. The summed E-state index contributed by atoms with van der Waals surface area (Å²) < 4.78 is 6.55. The lowest BCUT2D eigenvalue weighted by Crippen LogP contribution is -2.27. The second kappa shape index (κ2) is 15.3. The predicted molar refractivity (Wildman–Crippen MR) is 225 cm³/mol. The number of nitrogens with zero attached hydrogens (tertiary/aromatic N) is 2. The van der Waals surface area contributed by atoms with Gasteiger partial charge in [0.25, 0.3) is 0 Å². The van der Waals surface area contributed by atoms with E-state index in [1.165, 1.54) is 30.4 Å². The van der Waals surface area contributed by atoms with E-state index in [1.54, 1.807) is 0 Å². The van der Waals surface area contributed by atoms with E-state index in [0.717, 1.165) is 68.9 Å². The highest BCUT2D eigenvalue weighted by Gasteiger charge is 2.33. The number of fused-ring (bicyclic) bond motifs is 3. The van der Waals surface area contributed by atoms with Crippen molar-refractivity contribution in [3.63, 3.8) is 0 Å². The molecule has 0 aliphatic heterocycles. The average molecular weight is 691 g/mol. The van der Waals surface area contributed by atoms with Crippen LogP contribution in [0, 0.1) is 0 Å². The normalized spacial score (nSPS) is 12.5. The van der Waals surface area contributed by atoms with Gasteiger partial charge in [0.05, 0.1) is 5.69 Å². The number of para-hydroxylation sites is 5. The Balaban J connectivity index is 1.20. The summed E-state index contributed by atoms with van der Waals surface area (Å²) in [6, 6.07) is 65.4. The van der Waals surface area contributed by atoms with Gasteiger partial charge in [-0.05, 0) is 96.8 Å². The second-order valence-corrected chi connectivity index (χ2v) is 13.9. The zero-order valence-electron chi connectivity index (χ0n) is 30.7. The SMILES string of the molecule is CCCCCC(CC)(c1ccc(N(c2ccccc2)c2ccccc2)cc1)c1ccc(N(c2ccccc2)c2cccc3c2oc2ccccc23)cc1. The first-order chi connectivity index (χ1) is 26.2. The maximum atomic E-state index is 6.55. The number of hydrogen-bond donors (Lipinski definition) is 0. The molecular weight excluding hydrogens is 645 g/mol. The van der Waals surface area contributed by atoms with Gasteiger partial charge in [-0.1, -0.05) is 142 Å². The fourth-order valence-corrected chi connectivity index (χ4v) is 8.09. The van der Waals surface area contributed by atoms with Crippen LogP contribution in [-0.2, 0) is 5.41 Å². The van der Waals surface area contributed by atoms with E-state index in [2.05, 4.69) is 200 Å². The van der Waals surface area contributed by atoms with Crippen LogP contribution in [0.2, 0.25) is 0 Å². The van der Waals surface area contributed by atoms with Gasteiger partial charge in [0.2, 0.25) is 0 Å². The lowest BCUT2D eigenvalue weighted by Gasteiger charge is -2.36. The molecule has 8 rings (SSSR count). The number of hydrogen-bond acceptors (Lipinski definition) is 3. The molecule has 3 heteroatoms. The number of furan rings is 1. The molecule has 0 saturated heterocycles. The van der Waals surface area contributed by atoms with Crippen LogP contribution in [0.15, 0.2) is 186 Å². The zero-order chi connectivity index (χ0) is 36.0. The van der Waals surface area contributed by atoms with Crippen LogP contribution < -0.4 is 9.80 Å². The summed E-state index contributed by atoms with van der Waals surface area (Å²) in [5.74, 6) is 0. The van der Waals surface area contributed by atoms with Gasteiger partial charge in [-0.2, -0.15) is 0 Å². The van der Waals surface area contributed by atoms with Gasteiger partial charge in [-0.15, -0.1) is 0 Å². The van der Waals surface area contributed by atoms with Crippen LogP contribution >= 0.6 is 0 Å². The van der Waals surface area contributed by atoms with Crippen LogP contribution in [-0.4, -0.2) is 0 Å². The number of rotatable bonds is 13. The smallest absolute Gasteiger partial charge is 0.159 e. The van der Waals surface area contributed by atoms with Crippen LogP contribution in [0.3, 0.4) is 0 Å². The molecule has 1 unspecified atom stereocenters. The Morgan fingerprint density at radius 3 is 1.45 bits per heavy atom. The minimum Gasteiger partial charge on any atom is -0.454 e. The first-order valence-corrected chi connectivity index (χ1v) is 19.1. The monoisotopic (exact) mass is 690 g/mol. The van der Waals surface area contributed by atoms with Crippen molar-refractivity contribution in [1.29, 1.82) is 0 Å². The molecule has 8 aromatic rings. The second-order valence-electron chi connectivity index (χ2n) is 13.9. The van der Waals surface area contributed by atoms with Crippen molar-refractivity contribution in [1.82, 2.24) is 0 Å². The Bertz CT molecular complexity index is 2340. The highest BCUT2D eigenvalue weighted by atomic mass is 16.3. The van der Waals surface area contributed by atoms with Crippen molar-refractivity contribution in [2.24, 2.45) is 0 Å². The van der Waals surface area contributed by atoms with Gasteiger partial charge in [-0.25, -0.2) is 0 Å². The molecule has 53 heavy (non-hydrogen) atoms. The molecule has 1 aromatic heterocycles. The van der Waals surface area contributed by atoms with Gasteiger partial charge >= 0.3 is 0 Å². The number of anilines is 6. The molecule has 0 bridgehead atoms. The third kappa shape index (κ3) is 6.60. The molecule has 3 nitrogen and oxygen atoms in total. The van der Waals surface area contributed by atoms with E-state index >= 15 is 0 Å². The minimum absolute atomic E-state index is 0.118. The number of benzene rings is 7. The molecule has 0 aliphatic rings. The zero-order valence-corrected chi connectivity index (χ0v) is 30.7. The van der Waals surface area contributed by atoms with Crippen LogP contribution in [0.1, 0.15) is 57.1 Å². The molecule has 1 heterocycles. The van der Waals surface area contributed by atoms with E-state index in [9.17, 15) is 0 Å². The van der Waals surface area contributed by atoms with Gasteiger partial charge in [-0.3, -0.25) is 0 Å². The summed E-state index contributed by atoms with van der Waals surface area (Å²) in [7, 11) is 0. The standard InChI is InChI=1S/C50H46N2O/c1-3-5-17-37-50(4-2,38-29-33-43(34-30-38)51(40-19-9-6-10-20-40)41-21-11-7-12-22-41)39-31-35-44(36-32-39)52(42-23-13-8-14-24-42)47-27-18-26-46-45-25-15-16-28-48(45)53-49(46)47/h6-16,18-36H,3-5,17,37H2,1-2H3. The molecule has 0 radical (unpaired) electrons. The van der Waals surface area contributed by atoms with Gasteiger partial charge in [0, 0.05) is 44.6 Å². The molecule has 0 saturated carbocycles. The minimum atomic E-state index is -0.118. The average Bonchev–Trinajstić information content (AvgIpc) is 3.61. The van der Waals surface area contributed by atoms with Crippen LogP contribution in [0.5, 0.6) is 0 Å². The van der Waals surface area contributed by atoms with E-state index < -0.39 is 0 Å². The summed E-state index contributed by atoms with van der Waals surface area (Å²) in [6.07, 6.45) is 5.70. The first kappa shape index (κ1) is 34.0. The first-order valence-electron chi connectivity index (χ1n) is 19.1. The van der Waals surface area contributed by atoms with Crippen LogP contribution in [0.4, 0.5) is 34.1 Å². The van der Waals surface area contributed by atoms with Crippen molar-refractivity contribution in [2.75, 3.05) is 9.80 Å². The Morgan fingerprint density at radius 1 is 0.434 bits per heavy atom. The predicted octanol–water partition coefficient (Wildman–Crippen LogP) is 14.8. The third-order valence-electron chi connectivity index (χ3n) is 10.8. The topological polar surface area (TPSA) is 19.6 Å². The van der Waals surface area contributed by atoms with E-state index in [1.807, 2.05) is 6.07 Å². The molecule has 1 atom stereocenters. The quantitative estimate of drug-likeness (QED) is 0.112. The van der Waals surface area contributed by atoms with Crippen molar-refractivity contribution >= 4 is 56.1 Å². The maximum Gasteiger partial charge on any atom is 0.159 e. The van der Waals surface area contributed by atoms with Gasteiger partial charge < -0.3 is 14.2 Å². The summed E-state index contributed by atoms with van der Waals surface area (Å²) in [5.41, 5.74) is 11.1. The van der Waals surface area contributed by atoms with Crippen molar-refractivity contribution in [3.8, 4) is 0 Å². The van der Waals surface area contributed by atoms with Crippen LogP contribution in [0.25, 0.3) is 21.9 Å². The fraction of sp³-hybridized carbons (Fsp3) is 0.160. The highest BCUT2D eigenvalue weighted by Crippen LogP contribution is 2.45. The summed E-state index contributed by atoms with van der Waals surface area (Å²) in [6.45, 7) is 4.65. The molecule has 0 N–H and O–H groups in total. The summed E-state index contributed by atoms with van der Waals surface area (Å²) in [5, 5.41) is 2.26. The Labute approximate surface area is 313 Å². The molecule has 0 aliphatic carbocycles. The van der Waals surface area contributed by atoms with Gasteiger partial charge in [0.1, 0.15) is 5.58 Å². The lowest BCUT2D eigenvalue weighted by molar-refractivity contribution is 0.431. The van der Waals surface area contributed by atoms with Crippen molar-refractivity contribution < 1.29 is 4.42 Å². The molecule has 7 aromatic carbocycles. The molecule has 0 spiro atoms. The van der Waals surface area contributed by atoms with E-state index in [4.69, 9.17) is 4.42 Å². The summed E-state index contributed by atoms with van der Waals surface area (Å²) in [4.78, 5) is 4.67. The molecule has 0 fully saturated rings. The largest absolute Gasteiger partial charge is 0.454 e. The van der Waals surface area contributed by atoms with E-state index in [0.29, 0.717) is 0 Å². The summed E-state index contributed by atoms with van der Waals surface area (Å²) >= 11 is 0. The lowest BCUT2D eigenvalue weighted by atomic mass is 9.69. The van der Waals surface area contributed by atoms with Gasteiger partial charge in [0.15, 0.2) is 5.58 Å². The fourth-order valence-electron chi connectivity index (χ4n) is 8.09. The Kier molecular flexibility index (Phi) is 9.81. The van der Waals surface area contributed by atoms with Crippen molar-refractivity contribution in [2.45, 2.75) is 51.4 Å². The van der Waals surface area contributed by atoms with E-state index in [-0.39, 0.29) is 5.41 Å². The molecule has 262 valence electrons. The Morgan fingerprint density at radius 2 is 0.906 bits per heavy atom. The number of unbranched alkanes of at least 4 members (excludes halogenated alkanes) is 2. The maximum absolute atomic E-state index is 6.55.